The molecule has 0 saturated heterocycles. The minimum Gasteiger partial charge on any atom is -0.427 e. The molecular weight excluding hydrogens is 399 g/mol. The van der Waals surface area contributed by atoms with Gasteiger partial charge in [0.05, 0.1) is 16.6 Å². The van der Waals surface area contributed by atoms with Gasteiger partial charge >= 0.3 is 12.3 Å². The summed E-state index contributed by atoms with van der Waals surface area (Å²) in [6, 6.07) is 7.74. The van der Waals surface area contributed by atoms with Gasteiger partial charge < -0.3 is 9.72 Å². The lowest BCUT2D eigenvalue weighted by Crippen LogP contribution is -2.23. The number of nitrogens with zero attached hydrogens (tertiary/aromatic N) is 1. The smallest absolute Gasteiger partial charge is 0.427 e. The summed E-state index contributed by atoms with van der Waals surface area (Å²) < 4.78 is 70.9. The van der Waals surface area contributed by atoms with Crippen LogP contribution in [0.5, 0.6) is 5.75 Å². The number of benzene rings is 2. The monoisotopic (exact) mass is 406 g/mol. The molecule has 0 aliphatic rings. The van der Waals surface area contributed by atoms with Crippen LogP contribution in [0.15, 0.2) is 46.9 Å². The highest BCUT2D eigenvalue weighted by Crippen LogP contribution is 2.34. The topological polar surface area (TPSA) is 37.9 Å². The second-order valence-electron chi connectivity index (χ2n) is 4.89. The third-order valence-electron chi connectivity index (χ3n) is 3.15. The number of aromatic nitrogens is 2. The van der Waals surface area contributed by atoms with Gasteiger partial charge in [0.2, 0.25) is 5.82 Å². The Morgan fingerprint density at radius 3 is 2.25 bits per heavy atom. The van der Waals surface area contributed by atoms with Crippen molar-refractivity contribution in [2.75, 3.05) is 0 Å². The number of aromatic amines is 1. The standard InChI is InChI=1S/C15H8BrF5N2O/c16-9-3-6-11-12(7-9)23-13(22-11)15(20,21)24-10-4-1-8(2-5-10)14(17,18)19/h1-7H,(H,22,23). The van der Waals surface area contributed by atoms with E-state index in [0.29, 0.717) is 27.6 Å². The van der Waals surface area contributed by atoms with Crippen molar-refractivity contribution in [2.24, 2.45) is 0 Å². The van der Waals surface area contributed by atoms with Crippen LogP contribution < -0.4 is 4.74 Å². The molecule has 1 aromatic heterocycles. The molecule has 3 nitrogen and oxygen atoms in total. The Kier molecular flexibility index (Phi) is 3.98. The number of alkyl halides is 5. The van der Waals surface area contributed by atoms with Crippen molar-refractivity contribution in [3.63, 3.8) is 0 Å². The minimum atomic E-state index is -4.55. The van der Waals surface area contributed by atoms with Gasteiger partial charge in [-0.3, -0.25) is 0 Å². The van der Waals surface area contributed by atoms with E-state index in [1.807, 2.05) is 0 Å². The van der Waals surface area contributed by atoms with Crippen molar-refractivity contribution < 1.29 is 26.7 Å². The summed E-state index contributed by atoms with van der Waals surface area (Å²) in [6.07, 6.45) is -8.38. The molecule has 0 saturated carbocycles. The van der Waals surface area contributed by atoms with Crippen molar-refractivity contribution in [1.29, 1.82) is 0 Å². The van der Waals surface area contributed by atoms with Gasteiger partial charge in [0.25, 0.3) is 0 Å². The zero-order valence-corrected chi connectivity index (χ0v) is 13.3. The predicted molar refractivity (Wildman–Crippen MR) is 79.8 cm³/mol. The van der Waals surface area contributed by atoms with E-state index in [0.717, 1.165) is 12.1 Å². The van der Waals surface area contributed by atoms with E-state index >= 15 is 0 Å². The van der Waals surface area contributed by atoms with Gasteiger partial charge in [-0.1, -0.05) is 15.9 Å². The molecule has 3 aromatic rings. The van der Waals surface area contributed by atoms with Crippen molar-refractivity contribution in [1.82, 2.24) is 9.97 Å². The maximum Gasteiger partial charge on any atom is 0.460 e. The van der Waals surface area contributed by atoms with E-state index < -0.39 is 29.4 Å². The van der Waals surface area contributed by atoms with Crippen LogP contribution in [0.4, 0.5) is 22.0 Å². The average molecular weight is 407 g/mol. The Hall–Kier alpha value is -2.16. The Morgan fingerprint density at radius 2 is 1.62 bits per heavy atom. The molecule has 0 bridgehead atoms. The average Bonchev–Trinajstić information content (AvgIpc) is 2.90. The fourth-order valence-electron chi connectivity index (χ4n) is 2.03. The molecule has 126 valence electrons. The summed E-state index contributed by atoms with van der Waals surface area (Å²) >= 11 is 3.21. The van der Waals surface area contributed by atoms with Gasteiger partial charge in [-0.15, -0.1) is 0 Å². The lowest BCUT2D eigenvalue weighted by molar-refractivity contribution is -0.191. The number of fused-ring (bicyclic) bond motifs is 1. The summed E-state index contributed by atoms with van der Waals surface area (Å²) in [5, 5.41) is 0. The van der Waals surface area contributed by atoms with Crippen LogP contribution in [-0.2, 0) is 12.3 Å². The first-order valence-electron chi connectivity index (χ1n) is 6.55. The van der Waals surface area contributed by atoms with Crippen molar-refractivity contribution in [3.8, 4) is 5.75 Å². The molecule has 1 N–H and O–H groups in total. The molecule has 24 heavy (non-hydrogen) atoms. The molecule has 3 rings (SSSR count). The van der Waals surface area contributed by atoms with E-state index in [1.54, 1.807) is 12.1 Å². The lowest BCUT2D eigenvalue weighted by Gasteiger charge is -2.16. The molecule has 0 spiro atoms. The lowest BCUT2D eigenvalue weighted by atomic mass is 10.2. The van der Waals surface area contributed by atoms with Crippen LogP contribution in [0.3, 0.4) is 0 Å². The number of hydrogen-bond acceptors (Lipinski definition) is 2. The van der Waals surface area contributed by atoms with E-state index in [2.05, 4.69) is 30.6 Å². The maximum absolute atomic E-state index is 14.2. The summed E-state index contributed by atoms with van der Waals surface area (Å²) in [7, 11) is 0. The molecular formula is C15H8BrF5N2O. The second kappa shape index (κ2) is 5.73. The molecule has 1 heterocycles. The molecule has 0 fully saturated rings. The normalized spacial score (nSPS) is 12.6. The van der Waals surface area contributed by atoms with Crippen LogP contribution in [0.1, 0.15) is 11.4 Å². The highest BCUT2D eigenvalue weighted by molar-refractivity contribution is 9.10. The number of nitrogens with one attached hydrogen (secondary N) is 1. The first-order chi connectivity index (χ1) is 11.1. The number of H-pyrrole nitrogens is 1. The van der Waals surface area contributed by atoms with Gasteiger partial charge in [0.1, 0.15) is 5.75 Å². The first-order valence-corrected chi connectivity index (χ1v) is 7.34. The van der Waals surface area contributed by atoms with Gasteiger partial charge in [-0.25, -0.2) is 4.98 Å². The van der Waals surface area contributed by atoms with Crippen LogP contribution >= 0.6 is 15.9 Å². The molecule has 0 aliphatic carbocycles. The van der Waals surface area contributed by atoms with Gasteiger partial charge in [-0.2, -0.15) is 22.0 Å². The number of imidazole rings is 1. The van der Waals surface area contributed by atoms with E-state index in [4.69, 9.17) is 0 Å². The van der Waals surface area contributed by atoms with Gasteiger partial charge in [0, 0.05) is 4.47 Å². The Bertz CT molecular complexity index is 874. The molecule has 0 aliphatic heterocycles. The molecule has 9 heteroatoms. The van der Waals surface area contributed by atoms with Crippen molar-refractivity contribution in [3.05, 3.63) is 58.3 Å². The molecule has 2 aromatic carbocycles. The highest BCUT2D eigenvalue weighted by Gasteiger charge is 2.39. The van der Waals surface area contributed by atoms with Crippen LogP contribution in [-0.4, -0.2) is 9.97 Å². The van der Waals surface area contributed by atoms with Crippen molar-refractivity contribution >= 4 is 27.0 Å². The predicted octanol–water partition coefficient (Wildman–Crippen LogP) is 5.47. The Balaban J connectivity index is 1.86. The second-order valence-corrected chi connectivity index (χ2v) is 5.80. The zero-order chi connectivity index (χ0) is 17.5. The summed E-state index contributed by atoms with van der Waals surface area (Å²) in [4.78, 5) is 6.18. The van der Waals surface area contributed by atoms with E-state index in [1.165, 1.54) is 6.07 Å². The SMILES string of the molecule is FC(F)(F)c1ccc(OC(F)(F)c2nc3ccc(Br)cc3[nH]2)cc1. The van der Waals surface area contributed by atoms with Gasteiger partial charge in [0.15, 0.2) is 0 Å². The quantitative estimate of drug-likeness (QED) is 0.585. The summed E-state index contributed by atoms with van der Waals surface area (Å²) in [5.41, 5.74) is -0.272. The van der Waals surface area contributed by atoms with Gasteiger partial charge in [-0.05, 0) is 42.5 Å². The van der Waals surface area contributed by atoms with E-state index in [-0.39, 0.29) is 0 Å². The van der Waals surface area contributed by atoms with Crippen molar-refractivity contribution in [2.45, 2.75) is 12.3 Å². The van der Waals surface area contributed by atoms with Crippen LogP contribution in [0.2, 0.25) is 0 Å². The molecule has 0 atom stereocenters. The number of halogens is 6. The molecule has 0 radical (unpaired) electrons. The molecule has 0 amide bonds. The Morgan fingerprint density at radius 1 is 0.958 bits per heavy atom. The largest absolute Gasteiger partial charge is 0.460 e. The maximum atomic E-state index is 14.2. The zero-order valence-electron chi connectivity index (χ0n) is 11.7. The van der Waals surface area contributed by atoms with E-state index in [9.17, 15) is 22.0 Å². The Labute approximate surface area is 140 Å². The first kappa shape index (κ1) is 16.7. The van der Waals surface area contributed by atoms with Crippen LogP contribution in [0.25, 0.3) is 11.0 Å². The number of rotatable bonds is 3. The van der Waals surface area contributed by atoms with Crippen LogP contribution in [0, 0.1) is 0 Å². The summed E-state index contributed by atoms with van der Waals surface area (Å²) in [6.45, 7) is 0. The third kappa shape index (κ3) is 3.35. The third-order valence-corrected chi connectivity index (χ3v) is 3.64. The molecule has 0 unspecified atom stereocenters. The highest BCUT2D eigenvalue weighted by atomic mass is 79.9. The fraction of sp³-hybridized carbons (Fsp3) is 0.133. The fourth-order valence-corrected chi connectivity index (χ4v) is 2.39. The summed E-state index contributed by atoms with van der Waals surface area (Å²) in [5.74, 6) is -1.15. The number of hydrogen-bond donors (Lipinski definition) is 1. The minimum absolute atomic E-state index is 0.309. The number of ether oxygens (including phenoxy) is 1.